The SMILES string of the molecule is N#Cc1cc(F)c(NCc2ccno2)c(F)c1. The number of nitrogens with zero attached hydrogens (tertiary/aromatic N) is 2. The average molecular weight is 235 g/mol. The van der Waals surface area contributed by atoms with E-state index in [1.807, 2.05) is 0 Å². The second-order valence-corrected chi connectivity index (χ2v) is 3.26. The zero-order valence-electron chi connectivity index (χ0n) is 8.58. The van der Waals surface area contributed by atoms with Gasteiger partial charge in [0.2, 0.25) is 0 Å². The molecule has 0 fully saturated rings. The maximum Gasteiger partial charge on any atom is 0.155 e. The number of nitriles is 1. The Morgan fingerprint density at radius 2 is 2.06 bits per heavy atom. The third-order valence-electron chi connectivity index (χ3n) is 2.10. The third kappa shape index (κ3) is 2.39. The van der Waals surface area contributed by atoms with Gasteiger partial charge in [0, 0.05) is 6.07 Å². The monoisotopic (exact) mass is 235 g/mol. The average Bonchev–Trinajstić information content (AvgIpc) is 2.80. The summed E-state index contributed by atoms with van der Waals surface area (Å²) >= 11 is 0. The summed E-state index contributed by atoms with van der Waals surface area (Å²) < 4.78 is 31.6. The van der Waals surface area contributed by atoms with Gasteiger partial charge in [-0.2, -0.15) is 5.26 Å². The Morgan fingerprint density at radius 1 is 1.35 bits per heavy atom. The lowest BCUT2D eigenvalue weighted by Gasteiger charge is -2.07. The fourth-order valence-corrected chi connectivity index (χ4v) is 1.32. The smallest absolute Gasteiger partial charge is 0.155 e. The van der Waals surface area contributed by atoms with Crippen molar-refractivity contribution in [3.63, 3.8) is 0 Å². The van der Waals surface area contributed by atoms with Crippen LogP contribution in [0.1, 0.15) is 11.3 Å². The van der Waals surface area contributed by atoms with Gasteiger partial charge in [0.1, 0.15) is 5.69 Å². The highest BCUT2D eigenvalue weighted by atomic mass is 19.1. The quantitative estimate of drug-likeness (QED) is 0.887. The van der Waals surface area contributed by atoms with Gasteiger partial charge in [0.05, 0.1) is 24.4 Å². The molecule has 1 aromatic heterocycles. The second kappa shape index (κ2) is 4.61. The maximum atomic E-state index is 13.4. The number of nitrogens with one attached hydrogen (secondary N) is 1. The molecule has 0 amide bonds. The summed E-state index contributed by atoms with van der Waals surface area (Å²) in [5, 5.41) is 14.5. The first kappa shape index (κ1) is 11.1. The number of hydrogen-bond donors (Lipinski definition) is 1. The van der Waals surface area contributed by atoms with Gasteiger partial charge in [-0.1, -0.05) is 5.16 Å². The van der Waals surface area contributed by atoms with Crippen LogP contribution in [0.4, 0.5) is 14.5 Å². The number of halogens is 2. The fourth-order valence-electron chi connectivity index (χ4n) is 1.32. The van der Waals surface area contributed by atoms with Gasteiger partial charge in [-0.15, -0.1) is 0 Å². The maximum absolute atomic E-state index is 13.4. The van der Waals surface area contributed by atoms with Crippen LogP contribution in [0, 0.1) is 23.0 Å². The van der Waals surface area contributed by atoms with Crippen LogP contribution in [-0.2, 0) is 6.54 Å². The third-order valence-corrected chi connectivity index (χ3v) is 2.10. The van der Waals surface area contributed by atoms with E-state index in [9.17, 15) is 8.78 Å². The number of anilines is 1. The highest BCUT2D eigenvalue weighted by molar-refractivity contribution is 5.50. The molecule has 0 aliphatic heterocycles. The molecule has 0 spiro atoms. The standard InChI is InChI=1S/C11H7F2N3O/c12-9-3-7(5-14)4-10(13)11(9)15-6-8-1-2-16-17-8/h1-4,15H,6H2. The number of aromatic nitrogens is 1. The summed E-state index contributed by atoms with van der Waals surface area (Å²) in [5.74, 6) is -1.18. The van der Waals surface area contributed by atoms with E-state index in [0.717, 1.165) is 12.1 Å². The number of hydrogen-bond acceptors (Lipinski definition) is 4. The predicted octanol–water partition coefficient (Wildman–Crippen LogP) is 2.44. The molecule has 0 saturated heterocycles. The Balaban J connectivity index is 2.19. The molecule has 2 aromatic rings. The molecule has 86 valence electrons. The fraction of sp³-hybridized carbons (Fsp3) is 0.0909. The van der Waals surface area contributed by atoms with E-state index in [1.54, 1.807) is 12.1 Å². The van der Waals surface area contributed by atoms with Crippen molar-refractivity contribution < 1.29 is 13.3 Å². The Morgan fingerprint density at radius 3 is 2.59 bits per heavy atom. The van der Waals surface area contributed by atoms with Crippen molar-refractivity contribution in [1.82, 2.24) is 5.16 Å². The van der Waals surface area contributed by atoms with Crippen molar-refractivity contribution in [2.24, 2.45) is 0 Å². The molecule has 17 heavy (non-hydrogen) atoms. The van der Waals surface area contributed by atoms with E-state index in [1.165, 1.54) is 6.20 Å². The Bertz CT molecular complexity index is 538. The van der Waals surface area contributed by atoms with Gasteiger partial charge < -0.3 is 9.84 Å². The first-order chi connectivity index (χ1) is 8.20. The molecule has 2 rings (SSSR count). The molecule has 0 atom stereocenters. The van der Waals surface area contributed by atoms with Crippen LogP contribution in [0.2, 0.25) is 0 Å². The van der Waals surface area contributed by atoms with Crippen molar-refractivity contribution in [2.45, 2.75) is 6.54 Å². The van der Waals surface area contributed by atoms with Crippen LogP contribution >= 0.6 is 0 Å². The molecule has 0 aliphatic rings. The van der Waals surface area contributed by atoms with Crippen molar-refractivity contribution in [3.8, 4) is 6.07 Å². The molecule has 1 N–H and O–H groups in total. The zero-order valence-corrected chi connectivity index (χ0v) is 8.58. The summed E-state index contributed by atoms with van der Waals surface area (Å²) in [5.41, 5.74) is -0.356. The molecule has 0 radical (unpaired) electrons. The molecular weight excluding hydrogens is 228 g/mol. The number of rotatable bonds is 3. The molecule has 0 bridgehead atoms. The summed E-state index contributed by atoms with van der Waals surface area (Å²) in [6.45, 7) is 0.111. The summed E-state index contributed by atoms with van der Waals surface area (Å²) in [7, 11) is 0. The molecule has 0 saturated carbocycles. The lowest BCUT2D eigenvalue weighted by molar-refractivity contribution is 0.387. The molecule has 4 nitrogen and oxygen atoms in total. The molecule has 1 aromatic carbocycles. The second-order valence-electron chi connectivity index (χ2n) is 3.26. The Hall–Kier alpha value is -2.42. The normalized spacial score (nSPS) is 9.94. The number of benzene rings is 1. The van der Waals surface area contributed by atoms with Crippen LogP contribution < -0.4 is 5.32 Å². The minimum Gasteiger partial charge on any atom is -0.373 e. The van der Waals surface area contributed by atoms with Crippen molar-refractivity contribution in [3.05, 3.63) is 47.4 Å². The summed E-state index contributed by atoms with van der Waals surface area (Å²) in [6.07, 6.45) is 1.43. The molecule has 6 heteroatoms. The molecule has 0 unspecified atom stereocenters. The minimum absolute atomic E-state index is 0.0646. The lowest BCUT2D eigenvalue weighted by Crippen LogP contribution is -2.03. The zero-order chi connectivity index (χ0) is 12.3. The predicted molar refractivity (Wildman–Crippen MR) is 54.9 cm³/mol. The van der Waals surface area contributed by atoms with Crippen LogP contribution in [0.5, 0.6) is 0 Å². The highest BCUT2D eigenvalue weighted by Crippen LogP contribution is 2.21. The van der Waals surface area contributed by atoms with Crippen molar-refractivity contribution in [2.75, 3.05) is 5.32 Å². The van der Waals surface area contributed by atoms with Crippen molar-refractivity contribution in [1.29, 1.82) is 5.26 Å². The topological polar surface area (TPSA) is 61.9 Å². The molecule has 0 aliphatic carbocycles. The van der Waals surface area contributed by atoms with Crippen molar-refractivity contribution >= 4 is 5.69 Å². The van der Waals surface area contributed by atoms with E-state index in [4.69, 9.17) is 9.78 Å². The van der Waals surface area contributed by atoms with Gasteiger partial charge >= 0.3 is 0 Å². The van der Waals surface area contributed by atoms with Gasteiger partial charge in [-0.25, -0.2) is 8.78 Å². The highest BCUT2D eigenvalue weighted by Gasteiger charge is 2.11. The van der Waals surface area contributed by atoms with E-state index in [0.29, 0.717) is 5.76 Å². The lowest BCUT2D eigenvalue weighted by atomic mass is 10.2. The Labute approximate surface area is 95.5 Å². The first-order valence-electron chi connectivity index (χ1n) is 4.73. The van der Waals surface area contributed by atoms with Crippen LogP contribution in [-0.4, -0.2) is 5.16 Å². The first-order valence-corrected chi connectivity index (χ1v) is 4.73. The van der Waals surface area contributed by atoms with Gasteiger partial charge in [-0.3, -0.25) is 0 Å². The van der Waals surface area contributed by atoms with Crippen LogP contribution in [0.3, 0.4) is 0 Å². The van der Waals surface area contributed by atoms with E-state index in [2.05, 4.69) is 10.5 Å². The van der Waals surface area contributed by atoms with E-state index >= 15 is 0 Å². The van der Waals surface area contributed by atoms with Crippen LogP contribution in [0.15, 0.2) is 28.9 Å². The van der Waals surface area contributed by atoms with E-state index in [-0.39, 0.29) is 17.8 Å². The van der Waals surface area contributed by atoms with Gasteiger partial charge in [0.25, 0.3) is 0 Å². The molecule has 1 heterocycles. The van der Waals surface area contributed by atoms with Gasteiger partial charge in [0.15, 0.2) is 17.4 Å². The summed E-state index contributed by atoms with van der Waals surface area (Å²) in [6, 6.07) is 5.17. The molecular formula is C11H7F2N3O. The van der Waals surface area contributed by atoms with Crippen LogP contribution in [0.25, 0.3) is 0 Å². The van der Waals surface area contributed by atoms with Gasteiger partial charge in [-0.05, 0) is 12.1 Å². The minimum atomic E-state index is -0.818. The largest absolute Gasteiger partial charge is 0.373 e. The van der Waals surface area contributed by atoms with E-state index < -0.39 is 11.6 Å². The summed E-state index contributed by atoms with van der Waals surface area (Å²) in [4.78, 5) is 0. The Kier molecular flexibility index (Phi) is 3.01.